The number of aliphatic carboxylic acids is 2. The summed E-state index contributed by atoms with van der Waals surface area (Å²) < 4.78 is 0. The van der Waals surface area contributed by atoms with Crippen molar-refractivity contribution in [3.63, 3.8) is 0 Å². The number of rotatable bonds is 8. The Bertz CT molecular complexity index is 466. The monoisotopic (exact) mass is 479 g/mol. The first-order valence-electron chi connectivity index (χ1n) is 5.43. The summed E-state index contributed by atoms with van der Waals surface area (Å²) in [7, 11) is 0. The summed E-state index contributed by atoms with van der Waals surface area (Å²) >= 11 is 6.13. The molecule has 16 heteroatoms. The average Bonchev–Trinajstić information content (AvgIpc) is 2.49. The Labute approximate surface area is 175 Å². The molecule has 0 atom stereocenters. The van der Waals surface area contributed by atoms with E-state index < -0.39 is 17.9 Å². The maximum Gasteiger partial charge on any atom is 1.00 e. The van der Waals surface area contributed by atoms with E-state index in [1.807, 2.05) is 0 Å². The molecule has 0 aliphatic rings. The Morgan fingerprint density at radius 3 is 1.29 bits per heavy atom. The number of carboxylic acids is 2. The molecule has 0 aliphatic heterocycles. The molecular weight excluding hydrogens is 469 g/mol. The van der Waals surface area contributed by atoms with Crippen molar-refractivity contribution in [3.8, 4) is 0 Å². The van der Waals surface area contributed by atoms with Gasteiger partial charge < -0.3 is 21.3 Å². The Kier molecular flexibility index (Phi) is 30.8. The van der Waals surface area contributed by atoms with Gasteiger partial charge in [0.1, 0.15) is 0 Å². The summed E-state index contributed by atoms with van der Waals surface area (Å²) in [6.07, 6.45) is 0. The molecule has 0 aliphatic carbocycles. The van der Waals surface area contributed by atoms with Gasteiger partial charge in [-0.05, 0) is 11.1 Å². The molecule has 128 valence electrons. The average molecular weight is 481 g/mol. The first-order valence-corrected chi connectivity index (χ1v) is 7.68. The van der Waals surface area contributed by atoms with Crippen LogP contribution in [-0.4, -0.2) is 45.9 Å². The number of alkyl halides is 2. The zero-order valence-corrected chi connectivity index (χ0v) is 17.6. The van der Waals surface area contributed by atoms with E-state index in [1.165, 1.54) is 4.91 Å². The molecule has 0 radical (unpaired) electrons. The molecule has 0 rings (SSSR count). The van der Waals surface area contributed by atoms with Crippen LogP contribution in [-0.2, 0) is 9.59 Å². The molecule has 2 N–H and O–H groups in total. The van der Waals surface area contributed by atoms with E-state index in [9.17, 15) is 9.59 Å². The molecule has 24 heavy (non-hydrogen) atoms. The quantitative estimate of drug-likeness (QED) is 0.167. The van der Waals surface area contributed by atoms with Gasteiger partial charge in [0.15, 0.2) is 0 Å². The van der Waals surface area contributed by atoms with E-state index in [4.69, 9.17) is 32.3 Å². The van der Waals surface area contributed by atoms with E-state index in [0.717, 1.165) is 0 Å². The fraction of sp³-hybridized carbons (Fsp3) is 0.750. The minimum atomic E-state index is -1.14. The third-order valence-electron chi connectivity index (χ3n) is 1.80. The molecule has 0 unspecified atom stereocenters. The molecule has 0 saturated heterocycles. The van der Waals surface area contributed by atoms with Crippen molar-refractivity contribution in [2.75, 3.05) is 23.7 Å². The largest absolute Gasteiger partial charge is 1.00 e. The van der Waals surface area contributed by atoms with Gasteiger partial charge in [-0.15, -0.1) is 0 Å². The maximum atomic E-state index is 10.3. The minimum absolute atomic E-state index is 0. The molecule has 0 saturated carbocycles. The molecule has 0 heterocycles. The Hall–Kier alpha value is -1.17. The van der Waals surface area contributed by atoms with Crippen molar-refractivity contribution in [1.29, 1.82) is 0 Å². The van der Waals surface area contributed by atoms with Gasteiger partial charge in [-0.1, -0.05) is 42.1 Å². The smallest absolute Gasteiger partial charge is 0.481 e. The zero-order valence-electron chi connectivity index (χ0n) is 12.5. The van der Waals surface area contributed by atoms with Crippen molar-refractivity contribution >= 4 is 43.8 Å². The predicted molar refractivity (Wildman–Crippen MR) is 87.9 cm³/mol. The molecule has 0 aromatic carbocycles. The van der Waals surface area contributed by atoms with Crippen molar-refractivity contribution in [2.45, 2.75) is 0 Å². The molecule has 0 amide bonds. The van der Waals surface area contributed by atoms with Crippen LogP contribution >= 0.6 is 31.9 Å². The van der Waals surface area contributed by atoms with Gasteiger partial charge in [-0.25, -0.2) is 0 Å². The maximum absolute atomic E-state index is 10.3. The number of hydrogen-bond donors (Lipinski definition) is 2. The summed E-state index contributed by atoms with van der Waals surface area (Å²) in [6.45, 7) is -0.407. The standard InChI is InChI=1S/C4H6Br2O2.C4H6N6O2.N3.Na/c5-1-3(2-6)4(7)8;5-9-7-1-3(4(11)12)2-8-10-6;1-3-2;/h3H,1-2H2,(H,7,8);3H,1-2H2,(H,11,12);;/q;;-1;+1. The van der Waals surface area contributed by atoms with E-state index in [1.54, 1.807) is 0 Å². The van der Waals surface area contributed by atoms with Crippen molar-refractivity contribution < 1.29 is 49.4 Å². The van der Waals surface area contributed by atoms with Crippen LogP contribution in [0.3, 0.4) is 0 Å². The Balaban J connectivity index is -0.000000145. The Morgan fingerprint density at radius 2 is 1.17 bits per heavy atom. The fourth-order valence-corrected chi connectivity index (χ4v) is 2.28. The summed E-state index contributed by atoms with van der Waals surface area (Å²) in [4.78, 5) is 26.7. The van der Waals surface area contributed by atoms with Crippen LogP contribution in [0.25, 0.3) is 36.9 Å². The second-order valence-electron chi connectivity index (χ2n) is 3.30. The number of halogens is 2. The summed E-state index contributed by atoms with van der Waals surface area (Å²) in [5.41, 5.74) is 29.3. The number of hydrogen-bond acceptors (Lipinski definition) is 4. The van der Waals surface area contributed by atoms with Crippen LogP contribution in [0, 0.1) is 11.8 Å². The number of nitrogens with zero attached hydrogens (tertiary/aromatic N) is 9. The molecule has 0 bridgehead atoms. The SMILES string of the molecule is O=C(O)C(CBr)CBr.[N-]=[N+]=NCC(CN=[N+]=[N-])C(=O)O.[N-]=[N+]=[N-].[Na+]. The van der Waals surface area contributed by atoms with Gasteiger partial charge in [0.2, 0.25) is 0 Å². The molecule has 13 nitrogen and oxygen atoms in total. The third kappa shape index (κ3) is 23.1. The molecule has 0 spiro atoms. The molecule has 0 fully saturated rings. The number of carboxylic acid groups (broad SMARTS) is 2. The molecule has 0 aromatic heterocycles. The fourth-order valence-electron chi connectivity index (χ4n) is 0.657. The van der Waals surface area contributed by atoms with Crippen LogP contribution in [0.5, 0.6) is 0 Å². The summed E-state index contributed by atoms with van der Waals surface area (Å²) in [6, 6.07) is 0. The second kappa shape index (κ2) is 24.1. The third-order valence-corrected chi connectivity index (χ3v) is 3.36. The summed E-state index contributed by atoms with van der Waals surface area (Å²) in [5, 5.41) is 23.9. The van der Waals surface area contributed by atoms with Crippen LogP contribution in [0.4, 0.5) is 0 Å². The molecule has 0 aromatic rings. The van der Waals surface area contributed by atoms with Gasteiger partial charge in [-0.2, -0.15) is 0 Å². The first kappa shape index (κ1) is 30.7. The van der Waals surface area contributed by atoms with Crippen LogP contribution in [0.1, 0.15) is 0 Å². The first-order chi connectivity index (χ1) is 10.9. The Morgan fingerprint density at radius 1 is 0.875 bits per heavy atom. The van der Waals surface area contributed by atoms with Gasteiger partial charge in [-0.3, -0.25) is 14.5 Å². The predicted octanol–water partition coefficient (Wildman–Crippen LogP) is 0.655. The van der Waals surface area contributed by atoms with Crippen LogP contribution in [0.2, 0.25) is 0 Å². The minimum Gasteiger partial charge on any atom is -0.481 e. The van der Waals surface area contributed by atoms with Crippen LogP contribution < -0.4 is 29.6 Å². The van der Waals surface area contributed by atoms with E-state index in [-0.39, 0.29) is 48.6 Å². The van der Waals surface area contributed by atoms with E-state index >= 15 is 0 Å². The number of azide groups is 2. The number of carbonyl (C=O) groups is 2. The van der Waals surface area contributed by atoms with E-state index in [0.29, 0.717) is 10.7 Å². The topological polar surface area (TPSA) is 231 Å². The van der Waals surface area contributed by atoms with Crippen LogP contribution in [0.15, 0.2) is 10.2 Å². The van der Waals surface area contributed by atoms with Gasteiger partial charge in [0, 0.05) is 33.6 Å². The summed E-state index contributed by atoms with van der Waals surface area (Å²) in [5.74, 6) is -3.14. The second-order valence-corrected chi connectivity index (χ2v) is 4.59. The van der Waals surface area contributed by atoms with Gasteiger partial charge in [0.05, 0.1) is 11.8 Å². The van der Waals surface area contributed by atoms with Crippen molar-refractivity contribution in [2.24, 2.45) is 22.1 Å². The molecular formula is C8H12Br2N9NaO4. The van der Waals surface area contributed by atoms with Gasteiger partial charge in [0.25, 0.3) is 0 Å². The normalized spacial score (nSPS) is 8.96. The van der Waals surface area contributed by atoms with Crippen molar-refractivity contribution in [3.05, 3.63) is 36.9 Å². The van der Waals surface area contributed by atoms with Gasteiger partial charge >= 0.3 is 41.5 Å². The van der Waals surface area contributed by atoms with Crippen molar-refractivity contribution in [1.82, 2.24) is 0 Å². The zero-order chi connectivity index (χ0) is 18.7. The van der Waals surface area contributed by atoms with E-state index in [2.05, 4.69) is 51.9 Å².